The van der Waals surface area contributed by atoms with E-state index in [9.17, 15) is 13.2 Å². The van der Waals surface area contributed by atoms with E-state index in [0.29, 0.717) is 13.0 Å². The Morgan fingerprint density at radius 2 is 1.93 bits per heavy atom. The zero-order valence-corrected chi connectivity index (χ0v) is 8.07. The van der Waals surface area contributed by atoms with Gasteiger partial charge in [-0.1, -0.05) is 0 Å². The molecule has 0 aliphatic heterocycles. The first kappa shape index (κ1) is 11.8. The Hall–Kier alpha value is -0.290. The first-order chi connectivity index (χ1) is 6.47. The summed E-state index contributed by atoms with van der Waals surface area (Å²) in [7, 11) is 0. The third-order valence-corrected chi connectivity index (χ3v) is 2.65. The molecule has 0 unspecified atom stereocenters. The summed E-state index contributed by atoms with van der Waals surface area (Å²) in [5.41, 5.74) is 5.77. The molecule has 2 nitrogen and oxygen atoms in total. The Labute approximate surface area is 81.6 Å². The average molecular weight is 211 g/mol. The van der Waals surface area contributed by atoms with Crippen LogP contribution in [-0.2, 0) is 4.74 Å². The lowest BCUT2D eigenvalue weighted by molar-refractivity contribution is -0.174. The highest BCUT2D eigenvalue weighted by molar-refractivity contribution is 4.93. The van der Waals surface area contributed by atoms with Crippen molar-refractivity contribution in [3.05, 3.63) is 0 Å². The van der Waals surface area contributed by atoms with E-state index < -0.39 is 12.8 Å². The van der Waals surface area contributed by atoms with Crippen LogP contribution < -0.4 is 5.73 Å². The molecule has 0 atom stereocenters. The fourth-order valence-corrected chi connectivity index (χ4v) is 1.47. The molecule has 1 rings (SSSR count). The van der Waals surface area contributed by atoms with Crippen LogP contribution >= 0.6 is 0 Å². The van der Waals surface area contributed by atoms with Crippen molar-refractivity contribution >= 4 is 0 Å². The van der Waals surface area contributed by atoms with Gasteiger partial charge in [-0.2, -0.15) is 13.2 Å². The SMILES string of the molecule is NCC1(CCCOCC(F)(F)F)CC1. The normalized spacial score (nSPS) is 19.7. The van der Waals surface area contributed by atoms with E-state index in [2.05, 4.69) is 4.74 Å². The fourth-order valence-electron chi connectivity index (χ4n) is 1.47. The fraction of sp³-hybridized carbons (Fsp3) is 1.00. The van der Waals surface area contributed by atoms with Crippen molar-refractivity contribution in [2.75, 3.05) is 19.8 Å². The molecule has 0 bridgehead atoms. The summed E-state index contributed by atoms with van der Waals surface area (Å²) in [6, 6.07) is 0. The molecule has 1 aliphatic carbocycles. The Kier molecular flexibility index (Phi) is 3.78. The highest BCUT2D eigenvalue weighted by Gasteiger charge is 2.40. The predicted molar refractivity (Wildman–Crippen MR) is 46.8 cm³/mol. The van der Waals surface area contributed by atoms with Gasteiger partial charge in [-0.3, -0.25) is 0 Å². The summed E-state index contributed by atoms with van der Waals surface area (Å²) in [5, 5.41) is 0. The van der Waals surface area contributed by atoms with E-state index in [0.717, 1.165) is 19.3 Å². The van der Waals surface area contributed by atoms with Crippen molar-refractivity contribution in [2.45, 2.75) is 31.9 Å². The standard InChI is InChI=1S/C9H16F3NO/c10-9(11,12)7-14-5-1-2-8(6-13)3-4-8/h1-7,13H2. The van der Waals surface area contributed by atoms with Gasteiger partial charge in [0.05, 0.1) is 0 Å². The first-order valence-electron chi connectivity index (χ1n) is 4.82. The minimum Gasteiger partial charge on any atom is -0.372 e. The van der Waals surface area contributed by atoms with E-state index in [1.165, 1.54) is 0 Å². The molecule has 0 spiro atoms. The molecule has 14 heavy (non-hydrogen) atoms. The predicted octanol–water partition coefficient (Wildman–Crippen LogP) is 2.08. The highest BCUT2D eigenvalue weighted by atomic mass is 19.4. The third-order valence-electron chi connectivity index (χ3n) is 2.65. The van der Waals surface area contributed by atoms with Crippen LogP contribution in [0.1, 0.15) is 25.7 Å². The van der Waals surface area contributed by atoms with Crippen molar-refractivity contribution in [2.24, 2.45) is 11.1 Å². The summed E-state index contributed by atoms with van der Waals surface area (Å²) in [6.45, 7) is -0.309. The second-order valence-electron chi connectivity index (χ2n) is 3.98. The summed E-state index contributed by atoms with van der Waals surface area (Å²) in [4.78, 5) is 0. The molecular weight excluding hydrogens is 195 g/mol. The van der Waals surface area contributed by atoms with Crippen LogP contribution in [0.2, 0.25) is 0 Å². The molecule has 2 N–H and O–H groups in total. The minimum absolute atomic E-state index is 0.182. The van der Waals surface area contributed by atoms with Crippen LogP contribution in [0.15, 0.2) is 0 Å². The molecule has 84 valence electrons. The number of ether oxygens (including phenoxy) is 1. The summed E-state index contributed by atoms with van der Waals surface area (Å²) >= 11 is 0. The number of rotatable bonds is 6. The molecule has 0 amide bonds. The molecule has 1 aliphatic rings. The van der Waals surface area contributed by atoms with Crippen LogP contribution in [0, 0.1) is 5.41 Å². The zero-order chi connectivity index (χ0) is 10.7. The number of hydrogen-bond donors (Lipinski definition) is 1. The van der Waals surface area contributed by atoms with Crippen molar-refractivity contribution < 1.29 is 17.9 Å². The second-order valence-corrected chi connectivity index (χ2v) is 3.98. The highest BCUT2D eigenvalue weighted by Crippen LogP contribution is 2.48. The smallest absolute Gasteiger partial charge is 0.372 e. The van der Waals surface area contributed by atoms with Gasteiger partial charge in [0.2, 0.25) is 0 Å². The lowest BCUT2D eigenvalue weighted by atomic mass is 10.0. The quantitative estimate of drug-likeness (QED) is 0.683. The van der Waals surface area contributed by atoms with Gasteiger partial charge in [0, 0.05) is 6.61 Å². The van der Waals surface area contributed by atoms with Crippen molar-refractivity contribution in [1.29, 1.82) is 0 Å². The molecule has 0 aromatic rings. The Balaban J connectivity index is 1.95. The molecule has 0 aromatic heterocycles. The van der Waals surface area contributed by atoms with Gasteiger partial charge in [-0.05, 0) is 37.6 Å². The maximum Gasteiger partial charge on any atom is 0.411 e. The van der Waals surface area contributed by atoms with Gasteiger partial charge in [0.15, 0.2) is 0 Å². The van der Waals surface area contributed by atoms with E-state index in [-0.39, 0.29) is 12.0 Å². The molecule has 0 heterocycles. The van der Waals surface area contributed by atoms with Gasteiger partial charge < -0.3 is 10.5 Å². The number of nitrogens with two attached hydrogens (primary N) is 1. The summed E-state index contributed by atoms with van der Waals surface area (Å²) in [5.74, 6) is 0. The molecular formula is C9H16F3NO. The lowest BCUT2D eigenvalue weighted by Gasteiger charge is -2.12. The maximum atomic E-state index is 11.7. The molecule has 0 aromatic carbocycles. The molecule has 0 radical (unpaired) electrons. The number of halogens is 3. The molecule has 1 saturated carbocycles. The van der Waals surface area contributed by atoms with Crippen LogP contribution in [0.5, 0.6) is 0 Å². The number of alkyl halides is 3. The molecule has 1 fully saturated rings. The van der Waals surface area contributed by atoms with Crippen LogP contribution in [0.3, 0.4) is 0 Å². The first-order valence-corrected chi connectivity index (χ1v) is 4.82. The zero-order valence-electron chi connectivity index (χ0n) is 8.07. The average Bonchev–Trinajstić information content (AvgIpc) is 2.83. The van der Waals surface area contributed by atoms with Gasteiger partial charge in [-0.15, -0.1) is 0 Å². The number of hydrogen-bond acceptors (Lipinski definition) is 2. The Morgan fingerprint density at radius 1 is 1.29 bits per heavy atom. The summed E-state index contributed by atoms with van der Waals surface area (Å²) in [6.07, 6.45) is -0.411. The summed E-state index contributed by atoms with van der Waals surface area (Å²) < 4.78 is 39.5. The molecule has 0 saturated heterocycles. The van der Waals surface area contributed by atoms with Gasteiger partial charge in [-0.25, -0.2) is 0 Å². The van der Waals surface area contributed by atoms with Crippen molar-refractivity contribution in [1.82, 2.24) is 0 Å². The van der Waals surface area contributed by atoms with Crippen molar-refractivity contribution in [3.8, 4) is 0 Å². The van der Waals surface area contributed by atoms with Gasteiger partial charge in [0.25, 0.3) is 0 Å². The Bertz CT molecular complexity index is 177. The lowest BCUT2D eigenvalue weighted by Crippen LogP contribution is -2.19. The van der Waals surface area contributed by atoms with Crippen LogP contribution in [0.4, 0.5) is 13.2 Å². The van der Waals surface area contributed by atoms with Crippen LogP contribution in [0.25, 0.3) is 0 Å². The van der Waals surface area contributed by atoms with E-state index >= 15 is 0 Å². The van der Waals surface area contributed by atoms with Gasteiger partial charge in [0.1, 0.15) is 6.61 Å². The second kappa shape index (κ2) is 4.49. The topological polar surface area (TPSA) is 35.2 Å². The minimum atomic E-state index is -4.20. The van der Waals surface area contributed by atoms with Crippen LogP contribution in [-0.4, -0.2) is 25.9 Å². The Morgan fingerprint density at radius 3 is 2.36 bits per heavy atom. The molecule has 5 heteroatoms. The largest absolute Gasteiger partial charge is 0.411 e. The van der Waals surface area contributed by atoms with E-state index in [1.54, 1.807) is 0 Å². The maximum absolute atomic E-state index is 11.7. The third kappa shape index (κ3) is 4.28. The van der Waals surface area contributed by atoms with E-state index in [4.69, 9.17) is 5.73 Å². The van der Waals surface area contributed by atoms with Crippen molar-refractivity contribution in [3.63, 3.8) is 0 Å². The van der Waals surface area contributed by atoms with E-state index in [1.807, 2.05) is 0 Å². The monoisotopic (exact) mass is 211 g/mol. The van der Waals surface area contributed by atoms with Gasteiger partial charge >= 0.3 is 6.18 Å².